The van der Waals surface area contributed by atoms with Crippen LogP contribution in [0.4, 0.5) is 0 Å². The van der Waals surface area contributed by atoms with Gasteiger partial charge in [-0.15, -0.1) is 0 Å². The number of carbonyl (C=O) groups excluding carboxylic acids is 1. The number of carbonyl (C=O) groups is 1. The van der Waals surface area contributed by atoms with Crippen molar-refractivity contribution in [2.45, 2.75) is 326 Å². The minimum atomic E-state index is -5.07. The molecular formula is C58H111NO11S. The Morgan fingerprint density at radius 1 is 0.563 bits per heavy atom. The molecule has 0 aliphatic carbocycles. The van der Waals surface area contributed by atoms with Gasteiger partial charge >= 0.3 is 10.4 Å². The van der Waals surface area contributed by atoms with Crippen molar-refractivity contribution in [3.8, 4) is 0 Å². The Hall–Kier alpha value is -1.42. The molecule has 0 aromatic rings. The molecule has 13 heteroatoms. The highest BCUT2D eigenvalue weighted by molar-refractivity contribution is 7.80. The monoisotopic (exact) mass is 1030 g/mol. The first-order valence-corrected chi connectivity index (χ1v) is 31.1. The van der Waals surface area contributed by atoms with E-state index in [0.717, 1.165) is 57.8 Å². The number of ether oxygens (including phenoxy) is 2. The van der Waals surface area contributed by atoms with Gasteiger partial charge in [0, 0.05) is 6.42 Å². The number of allylic oxidation sites excluding steroid dienone is 4. The molecule has 0 aromatic carbocycles. The second-order valence-corrected chi connectivity index (χ2v) is 22.0. The van der Waals surface area contributed by atoms with Crippen LogP contribution in [0.15, 0.2) is 24.3 Å². The van der Waals surface area contributed by atoms with Crippen molar-refractivity contribution in [3.05, 3.63) is 24.3 Å². The average molecular weight is 1030 g/mol. The van der Waals surface area contributed by atoms with Gasteiger partial charge in [-0.3, -0.25) is 9.35 Å². The van der Waals surface area contributed by atoms with Crippen molar-refractivity contribution < 1.29 is 51.8 Å². The predicted octanol–water partition coefficient (Wildman–Crippen LogP) is 14.0. The highest BCUT2D eigenvalue weighted by Gasteiger charge is 2.48. The summed E-state index contributed by atoms with van der Waals surface area (Å²) in [5.41, 5.74) is 0. The first-order valence-electron chi connectivity index (χ1n) is 29.7. The first-order chi connectivity index (χ1) is 34.5. The Labute approximate surface area is 435 Å². The van der Waals surface area contributed by atoms with E-state index in [1.807, 2.05) is 0 Å². The second kappa shape index (κ2) is 48.2. The topological polar surface area (TPSA) is 192 Å². The van der Waals surface area contributed by atoms with Gasteiger partial charge in [-0.1, -0.05) is 256 Å². The molecule has 1 aliphatic rings. The Kier molecular flexibility index (Phi) is 45.9. The van der Waals surface area contributed by atoms with Crippen molar-refractivity contribution in [1.82, 2.24) is 5.32 Å². The van der Waals surface area contributed by atoms with E-state index in [1.54, 1.807) is 0 Å². The molecule has 7 atom stereocenters. The van der Waals surface area contributed by atoms with Gasteiger partial charge in [0.05, 0.1) is 25.4 Å². The number of aliphatic hydroxyl groups excluding tert-OH is 4. The Balaban J connectivity index is 2.14. The van der Waals surface area contributed by atoms with Crippen LogP contribution in [-0.4, -0.2) is 95.4 Å². The first kappa shape index (κ1) is 67.6. The van der Waals surface area contributed by atoms with Gasteiger partial charge in [0.25, 0.3) is 0 Å². The van der Waals surface area contributed by atoms with Crippen LogP contribution in [-0.2, 0) is 28.9 Å². The molecule has 0 saturated carbocycles. The third kappa shape index (κ3) is 40.6. The molecule has 1 rings (SSSR count). The quantitative estimate of drug-likeness (QED) is 0.0193. The fraction of sp³-hybridized carbons (Fsp3) is 0.914. The Morgan fingerprint density at radius 3 is 1.34 bits per heavy atom. The number of nitrogens with one attached hydrogen (secondary N) is 1. The van der Waals surface area contributed by atoms with E-state index in [1.165, 1.54) is 199 Å². The van der Waals surface area contributed by atoms with E-state index < -0.39 is 59.9 Å². The third-order valence-electron chi connectivity index (χ3n) is 14.3. The summed E-state index contributed by atoms with van der Waals surface area (Å²) in [4.78, 5) is 13.1. The standard InChI is InChI=1S/C58H111NO11S/c1-3-5-7-9-11-13-14-15-16-17-18-19-20-21-22-23-24-25-26-27-28-29-30-31-32-33-34-35-36-37-38-40-42-44-46-48-54(62)59-51(52(61)47-45-43-41-39-12-10-8-6-4-2)50-68-58-56(64)57(70-71(65,66)67)55(63)53(49-60)69-58/h20-21,23-24,51-53,55-58,60-61,63-64H,3-19,22,25-50H2,1-2H3,(H,59,62)(H,65,66,67)/b21-20-,24-23-. The predicted molar refractivity (Wildman–Crippen MR) is 292 cm³/mol. The van der Waals surface area contributed by atoms with Crippen LogP contribution < -0.4 is 5.32 Å². The summed E-state index contributed by atoms with van der Waals surface area (Å²) >= 11 is 0. The van der Waals surface area contributed by atoms with E-state index in [9.17, 15) is 38.2 Å². The van der Waals surface area contributed by atoms with Gasteiger partial charge in [0.2, 0.25) is 5.91 Å². The van der Waals surface area contributed by atoms with Crippen LogP contribution in [0.25, 0.3) is 0 Å². The van der Waals surface area contributed by atoms with Gasteiger partial charge in [-0.25, -0.2) is 4.18 Å². The van der Waals surface area contributed by atoms with Crippen molar-refractivity contribution >= 4 is 16.3 Å². The molecule has 0 radical (unpaired) electrons. The SMILES string of the molecule is CCCCCCCCCCCCC/C=C\C/C=C\CCCCCCCCCCCCCCCCCCCC(=O)NC(COC1OC(CO)C(O)C(OS(=O)(=O)O)C1O)C(O)CCCCCCCCCCC. The van der Waals surface area contributed by atoms with E-state index in [2.05, 4.69) is 47.7 Å². The lowest BCUT2D eigenvalue weighted by atomic mass is 9.99. The van der Waals surface area contributed by atoms with Crippen LogP contribution in [0.1, 0.15) is 284 Å². The smallest absolute Gasteiger partial charge is 0.394 e. The van der Waals surface area contributed by atoms with Crippen molar-refractivity contribution in [2.75, 3.05) is 13.2 Å². The molecule has 1 aliphatic heterocycles. The molecule has 12 nitrogen and oxygen atoms in total. The van der Waals surface area contributed by atoms with Crippen LogP contribution in [0.5, 0.6) is 0 Å². The van der Waals surface area contributed by atoms with Gasteiger partial charge < -0.3 is 35.2 Å². The molecule has 0 spiro atoms. The lowest BCUT2D eigenvalue weighted by Gasteiger charge is -2.41. The number of hydrogen-bond donors (Lipinski definition) is 6. The third-order valence-corrected chi connectivity index (χ3v) is 14.7. The van der Waals surface area contributed by atoms with E-state index >= 15 is 0 Å². The minimum Gasteiger partial charge on any atom is -0.394 e. The van der Waals surface area contributed by atoms with Crippen molar-refractivity contribution in [3.63, 3.8) is 0 Å². The molecule has 0 aromatic heterocycles. The molecule has 1 saturated heterocycles. The van der Waals surface area contributed by atoms with Gasteiger partial charge in [-0.05, 0) is 44.9 Å². The number of hydrogen-bond acceptors (Lipinski definition) is 10. The lowest BCUT2D eigenvalue weighted by Crippen LogP contribution is -2.61. The zero-order valence-corrected chi connectivity index (χ0v) is 46.4. The van der Waals surface area contributed by atoms with Crippen LogP contribution >= 0.6 is 0 Å². The molecule has 1 fully saturated rings. The summed E-state index contributed by atoms with van der Waals surface area (Å²) in [6.07, 6.45) is 51.0. The average Bonchev–Trinajstić information content (AvgIpc) is 3.34. The highest BCUT2D eigenvalue weighted by Crippen LogP contribution is 2.26. The lowest BCUT2D eigenvalue weighted by molar-refractivity contribution is -0.298. The Bertz CT molecular complexity index is 1350. The normalized spacial score (nSPS) is 19.6. The zero-order valence-electron chi connectivity index (χ0n) is 45.6. The van der Waals surface area contributed by atoms with Crippen LogP contribution in [0.2, 0.25) is 0 Å². The molecule has 7 unspecified atom stereocenters. The molecular weight excluding hydrogens is 919 g/mol. The highest BCUT2D eigenvalue weighted by atomic mass is 32.3. The van der Waals surface area contributed by atoms with Crippen molar-refractivity contribution in [1.29, 1.82) is 0 Å². The summed E-state index contributed by atoms with van der Waals surface area (Å²) in [5.74, 6) is -0.229. The molecule has 1 heterocycles. The largest absolute Gasteiger partial charge is 0.397 e. The maximum Gasteiger partial charge on any atom is 0.397 e. The Morgan fingerprint density at radius 2 is 0.944 bits per heavy atom. The van der Waals surface area contributed by atoms with Gasteiger partial charge in [0.15, 0.2) is 6.29 Å². The number of unbranched alkanes of at least 4 members (excludes halogenated alkanes) is 36. The fourth-order valence-corrected chi connectivity index (χ4v) is 10.2. The number of amides is 1. The van der Waals surface area contributed by atoms with E-state index in [0.29, 0.717) is 12.8 Å². The molecule has 1 amide bonds. The van der Waals surface area contributed by atoms with E-state index in [4.69, 9.17) is 9.47 Å². The zero-order chi connectivity index (χ0) is 51.9. The molecule has 6 N–H and O–H groups in total. The number of aliphatic hydroxyl groups is 4. The summed E-state index contributed by atoms with van der Waals surface area (Å²) in [7, 11) is -5.07. The summed E-state index contributed by atoms with van der Waals surface area (Å²) in [6.45, 7) is 3.44. The number of rotatable bonds is 52. The summed E-state index contributed by atoms with van der Waals surface area (Å²) in [5, 5.41) is 44.9. The molecule has 71 heavy (non-hydrogen) atoms. The maximum atomic E-state index is 13.1. The summed E-state index contributed by atoms with van der Waals surface area (Å²) in [6, 6.07) is -0.854. The van der Waals surface area contributed by atoms with Crippen LogP contribution in [0.3, 0.4) is 0 Å². The molecule has 420 valence electrons. The second-order valence-electron chi connectivity index (χ2n) is 20.9. The van der Waals surface area contributed by atoms with Gasteiger partial charge in [-0.2, -0.15) is 8.42 Å². The van der Waals surface area contributed by atoms with Gasteiger partial charge in [0.1, 0.15) is 24.4 Å². The maximum absolute atomic E-state index is 13.1. The minimum absolute atomic E-state index is 0.229. The molecule has 0 bridgehead atoms. The fourth-order valence-electron chi connectivity index (χ4n) is 9.67. The van der Waals surface area contributed by atoms with E-state index in [-0.39, 0.29) is 12.5 Å². The van der Waals surface area contributed by atoms with Crippen LogP contribution in [0, 0.1) is 0 Å². The van der Waals surface area contributed by atoms with Crippen molar-refractivity contribution in [2.24, 2.45) is 0 Å². The summed E-state index contributed by atoms with van der Waals surface area (Å²) < 4.78 is 47.7.